The molecule has 9 rings (SSSR count). The molecule has 0 bridgehead atoms. The number of H-pyrrole nitrogens is 1. The van der Waals surface area contributed by atoms with Crippen LogP contribution in [0.25, 0.3) is 22.2 Å². The number of aromatic amines is 1. The number of anilines is 2. The zero-order valence-electron chi connectivity index (χ0n) is 30.8. The average molecular weight is 764 g/mol. The molecule has 5 aliphatic rings. The summed E-state index contributed by atoms with van der Waals surface area (Å²) in [5, 5.41) is 7.48. The van der Waals surface area contributed by atoms with E-state index in [2.05, 4.69) is 41.4 Å². The zero-order chi connectivity index (χ0) is 37.6. The highest BCUT2D eigenvalue weighted by Gasteiger charge is 2.45. The van der Waals surface area contributed by atoms with Crippen LogP contribution in [0.3, 0.4) is 0 Å². The number of carbonyl (C=O) groups excluding carboxylic acids is 4. The molecule has 0 radical (unpaired) electrons. The Bertz CT molecular complexity index is 2140. The highest BCUT2D eigenvalue weighted by molar-refractivity contribution is 6.33. The summed E-state index contributed by atoms with van der Waals surface area (Å²) in [7, 11) is 0. The minimum atomic E-state index is -0.951. The van der Waals surface area contributed by atoms with Gasteiger partial charge in [-0.2, -0.15) is 0 Å². The van der Waals surface area contributed by atoms with Crippen molar-refractivity contribution in [2.24, 2.45) is 5.92 Å². The van der Waals surface area contributed by atoms with E-state index in [0.717, 1.165) is 97.8 Å². The van der Waals surface area contributed by atoms with Crippen molar-refractivity contribution in [2.75, 3.05) is 56.0 Å². The largest absolute Gasteiger partial charge is 0.371 e. The fourth-order valence-electron chi connectivity index (χ4n) is 9.32. The second kappa shape index (κ2) is 15.0. The number of likely N-dealkylation sites (tertiary alicyclic amines) is 2. The van der Waals surface area contributed by atoms with Gasteiger partial charge < -0.3 is 20.1 Å². The van der Waals surface area contributed by atoms with Gasteiger partial charge in [0.25, 0.3) is 11.8 Å². The van der Waals surface area contributed by atoms with Crippen molar-refractivity contribution >= 4 is 57.8 Å². The molecule has 0 spiro atoms. The number of benzene rings is 2. The highest BCUT2D eigenvalue weighted by atomic mass is 35.5. The fourth-order valence-corrected chi connectivity index (χ4v) is 9.51. The van der Waals surface area contributed by atoms with Gasteiger partial charge in [-0.1, -0.05) is 29.8 Å². The van der Waals surface area contributed by atoms with Gasteiger partial charge in [-0.3, -0.25) is 34.3 Å². The van der Waals surface area contributed by atoms with Crippen LogP contribution < -0.4 is 15.5 Å². The van der Waals surface area contributed by atoms with Crippen molar-refractivity contribution in [3.05, 3.63) is 71.0 Å². The Morgan fingerprint density at radius 2 is 1.65 bits per heavy atom. The lowest BCUT2D eigenvalue weighted by atomic mass is 9.92. The van der Waals surface area contributed by atoms with E-state index in [-0.39, 0.29) is 18.7 Å². The van der Waals surface area contributed by atoms with Gasteiger partial charge in [0.2, 0.25) is 17.8 Å². The first-order chi connectivity index (χ1) is 26.8. The Morgan fingerprint density at radius 1 is 0.855 bits per heavy atom. The van der Waals surface area contributed by atoms with Crippen LogP contribution in [0.1, 0.15) is 72.1 Å². The molecular formula is C41H46ClN9O4. The summed E-state index contributed by atoms with van der Waals surface area (Å²) in [6.07, 6.45) is 10.7. The molecule has 55 heavy (non-hydrogen) atoms. The fraction of sp³-hybridized carbons (Fsp3) is 0.463. The molecule has 0 saturated carbocycles. The van der Waals surface area contributed by atoms with Crippen LogP contribution in [0.4, 0.5) is 11.6 Å². The predicted molar refractivity (Wildman–Crippen MR) is 210 cm³/mol. The molecule has 4 fully saturated rings. The Balaban J connectivity index is 0.716. The molecule has 7 heterocycles. The van der Waals surface area contributed by atoms with E-state index in [1.54, 1.807) is 18.3 Å². The summed E-state index contributed by atoms with van der Waals surface area (Å²) >= 11 is 6.57. The maximum absolute atomic E-state index is 13.3. The van der Waals surface area contributed by atoms with Gasteiger partial charge in [-0.25, -0.2) is 9.97 Å². The zero-order valence-corrected chi connectivity index (χ0v) is 31.6. The van der Waals surface area contributed by atoms with Crippen LogP contribution in [0.15, 0.2) is 54.9 Å². The number of amides is 4. The van der Waals surface area contributed by atoms with Crippen LogP contribution in [-0.4, -0.2) is 117 Å². The topological polar surface area (TPSA) is 147 Å². The van der Waals surface area contributed by atoms with Crippen molar-refractivity contribution in [3.8, 4) is 11.3 Å². The van der Waals surface area contributed by atoms with Gasteiger partial charge in [-0.05, 0) is 94.8 Å². The normalized spacial score (nSPS) is 23.2. The lowest BCUT2D eigenvalue weighted by Gasteiger charge is -2.38. The summed E-state index contributed by atoms with van der Waals surface area (Å²) in [6, 6.07) is 13.5. The van der Waals surface area contributed by atoms with Crippen molar-refractivity contribution < 1.29 is 19.2 Å². The number of hydrogen-bond acceptors (Lipinski definition) is 10. The molecule has 4 amide bonds. The number of halogens is 1. The van der Waals surface area contributed by atoms with Crippen molar-refractivity contribution in [1.82, 2.24) is 35.0 Å². The maximum Gasteiger partial charge on any atom is 0.262 e. The average Bonchev–Trinajstić information content (AvgIpc) is 3.92. The third-order valence-electron chi connectivity index (χ3n) is 12.5. The number of fused-ring (bicyclic) bond motifs is 2. The monoisotopic (exact) mass is 763 g/mol. The van der Waals surface area contributed by atoms with Gasteiger partial charge in [-0.15, -0.1) is 0 Å². The summed E-state index contributed by atoms with van der Waals surface area (Å²) in [4.78, 5) is 71.8. The Hall–Kier alpha value is -4.85. The third kappa shape index (κ3) is 7.09. The number of imide groups is 2. The molecule has 4 aromatic rings. The molecule has 2 aromatic heterocycles. The number of aromatic nitrogens is 3. The van der Waals surface area contributed by atoms with Crippen LogP contribution in [0.2, 0.25) is 5.02 Å². The molecule has 3 N–H and O–H groups in total. The van der Waals surface area contributed by atoms with E-state index in [1.807, 2.05) is 30.5 Å². The molecule has 286 valence electrons. The van der Waals surface area contributed by atoms with E-state index >= 15 is 0 Å². The standard InChI is InChI=1S/C41H46ClN9O4/c42-33-23-44-41(47-37(33)32-22-43-34-4-2-1-3-29(32)34)45-26-12-20-50(24-26)27-13-16-48(17-14-27)15-9-25-10-18-49(19-11-25)28-5-6-30-31(21-28)40(55)51(39(30)54)35-7-8-36(52)46-38(35)53/h1-6,21-23,25-27,35,43H,7-20,24H2,(H,44,45,47)(H,46,52,53). The molecule has 13 nitrogen and oxygen atoms in total. The summed E-state index contributed by atoms with van der Waals surface area (Å²) in [5.74, 6) is -0.612. The number of hydrogen-bond donors (Lipinski definition) is 3. The SMILES string of the molecule is O=C1CCC(N2C(=O)c3ccc(N4CCC(CCN5CCC(N6CCC(Nc7ncc(Cl)c(-c8c[nH]c9ccccc89)n7)C6)CC5)CC4)cc3C2=O)C(=O)N1. The van der Waals surface area contributed by atoms with Crippen molar-refractivity contribution in [2.45, 2.75) is 69.5 Å². The highest BCUT2D eigenvalue weighted by Crippen LogP contribution is 2.35. The Labute approximate surface area is 324 Å². The van der Waals surface area contributed by atoms with Gasteiger partial charge in [0, 0.05) is 73.0 Å². The second-order valence-corrected chi connectivity index (χ2v) is 16.1. The first-order valence-corrected chi connectivity index (χ1v) is 20.1. The van der Waals surface area contributed by atoms with E-state index in [9.17, 15) is 19.2 Å². The van der Waals surface area contributed by atoms with Gasteiger partial charge >= 0.3 is 0 Å². The van der Waals surface area contributed by atoms with Gasteiger partial charge in [0.15, 0.2) is 0 Å². The van der Waals surface area contributed by atoms with Crippen LogP contribution in [0.5, 0.6) is 0 Å². The molecule has 5 aliphatic heterocycles. The van der Waals surface area contributed by atoms with Crippen molar-refractivity contribution in [3.63, 3.8) is 0 Å². The lowest BCUT2D eigenvalue weighted by Crippen LogP contribution is -2.54. The van der Waals surface area contributed by atoms with Crippen LogP contribution in [-0.2, 0) is 9.59 Å². The van der Waals surface area contributed by atoms with Crippen LogP contribution in [0, 0.1) is 5.92 Å². The smallest absolute Gasteiger partial charge is 0.262 e. The van der Waals surface area contributed by atoms with E-state index in [4.69, 9.17) is 16.6 Å². The quantitative estimate of drug-likeness (QED) is 0.201. The number of rotatable bonds is 9. The molecule has 14 heteroatoms. The number of para-hydroxylation sites is 1. The molecule has 4 saturated heterocycles. The van der Waals surface area contributed by atoms with Crippen LogP contribution >= 0.6 is 11.6 Å². The number of nitrogens with zero attached hydrogens (tertiary/aromatic N) is 6. The molecule has 0 aliphatic carbocycles. The molecular weight excluding hydrogens is 718 g/mol. The Morgan fingerprint density at radius 3 is 2.47 bits per heavy atom. The molecule has 2 atom stereocenters. The summed E-state index contributed by atoms with van der Waals surface area (Å²) in [5.41, 5.74) is 4.36. The minimum Gasteiger partial charge on any atom is -0.371 e. The minimum absolute atomic E-state index is 0.109. The lowest BCUT2D eigenvalue weighted by molar-refractivity contribution is -0.136. The number of piperidine rings is 3. The van der Waals surface area contributed by atoms with E-state index < -0.39 is 23.8 Å². The van der Waals surface area contributed by atoms with Crippen molar-refractivity contribution in [1.29, 1.82) is 0 Å². The number of carbonyl (C=O) groups is 4. The van der Waals surface area contributed by atoms with Gasteiger partial charge in [0.05, 0.1) is 28.0 Å². The summed E-state index contributed by atoms with van der Waals surface area (Å²) < 4.78 is 0. The molecule has 2 aromatic carbocycles. The molecule has 2 unspecified atom stereocenters. The Kier molecular flexibility index (Phi) is 9.77. The summed E-state index contributed by atoms with van der Waals surface area (Å²) in [6.45, 7) is 7.26. The first-order valence-electron chi connectivity index (χ1n) is 19.7. The van der Waals surface area contributed by atoms with Gasteiger partial charge in [0.1, 0.15) is 6.04 Å². The maximum atomic E-state index is 13.3. The van der Waals surface area contributed by atoms with E-state index in [0.29, 0.717) is 40.1 Å². The third-order valence-corrected chi connectivity index (χ3v) is 12.7. The number of nitrogens with one attached hydrogen (secondary N) is 3. The second-order valence-electron chi connectivity index (χ2n) is 15.7. The van der Waals surface area contributed by atoms with E-state index in [1.165, 1.54) is 19.3 Å². The predicted octanol–water partition coefficient (Wildman–Crippen LogP) is 4.94. The first kappa shape index (κ1) is 35.8.